The van der Waals surface area contributed by atoms with Crippen LogP contribution in [0.5, 0.6) is 5.75 Å². The summed E-state index contributed by atoms with van der Waals surface area (Å²) >= 11 is 0. The molecule has 3 aromatic rings. The van der Waals surface area contributed by atoms with Crippen molar-refractivity contribution in [2.45, 2.75) is 6.92 Å². The van der Waals surface area contributed by atoms with Crippen molar-refractivity contribution in [1.29, 1.82) is 0 Å². The van der Waals surface area contributed by atoms with Crippen LogP contribution in [-0.2, 0) is 4.74 Å². The number of nitrogens with one attached hydrogen (secondary N) is 2. The van der Waals surface area contributed by atoms with Gasteiger partial charge >= 0.3 is 5.97 Å². The fourth-order valence-corrected chi connectivity index (χ4v) is 2.27. The van der Waals surface area contributed by atoms with Crippen LogP contribution in [0.15, 0.2) is 54.7 Å². The van der Waals surface area contributed by atoms with E-state index in [0.29, 0.717) is 23.9 Å². The van der Waals surface area contributed by atoms with E-state index in [2.05, 4.69) is 25.8 Å². The molecular formula is C19H19N5O3. The predicted octanol–water partition coefficient (Wildman–Crippen LogP) is 3.54. The molecule has 1 aromatic heterocycles. The summed E-state index contributed by atoms with van der Waals surface area (Å²) in [5.74, 6) is 1.29. The average Bonchev–Trinajstić information content (AvgIpc) is 2.70. The fourth-order valence-electron chi connectivity index (χ4n) is 2.27. The first-order valence-corrected chi connectivity index (χ1v) is 8.33. The van der Waals surface area contributed by atoms with Crippen LogP contribution in [0.25, 0.3) is 0 Å². The minimum Gasteiger partial charge on any atom is -0.497 e. The minimum atomic E-state index is -0.354. The first-order valence-electron chi connectivity index (χ1n) is 8.33. The number of ether oxygens (including phenoxy) is 2. The van der Waals surface area contributed by atoms with Gasteiger partial charge in [-0.25, -0.2) is 4.79 Å². The van der Waals surface area contributed by atoms with Crippen molar-refractivity contribution >= 4 is 29.1 Å². The lowest BCUT2D eigenvalue weighted by molar-refractivity contribution is 0.0526. The Morgan fingerprint density at radius 1 is 1.00 bits per heavy atom. The van der Waals surface area contributed by atoms with E-state index in [1.807, 2.05) is 24.3 Å². The number of benzene rings is 2. The third-order valence-corrected chi connectivity index (χ3v) is 3.57. The smallest absolute Gasteiger partial charge is 0.338 e. The maximum Gasteiger partial charge on any atom is 0.338 e. The number of methoxy groups -OCH3 is 1. The van der Waals surface area contributed by atoms with Gasteiger partial charge in [0.1, 0.15) is 5.75 Å². The molecule has 0 bridgehead atoms. The van der Waals surface area contributed by atoms with Crippen LogP contribution < -0.4 is 15.4 Å². The zero-order chi connectivity index (χ0) is 19.1. The summed E-state index contributed by atoms with van der Waals surface area (Å²) in [5, 5.41) is 14.1. The Kier molecular flexibility index (Phi) is 5.78. The molecule has 8 nitrogen and oxygen atoms in total. The van der Waals surface area contributed by atoms with Crippen molar-refractivity contribution in [1.82, 2.24) is 15.2 Å². The van der Waals surface area contributed by atoms with Gasteiger partial charge in [0.2, 0.25) is 5.95 Å². The molecule has 0 aliphatic carbocycles. The number of anilines is 4. The van der Waals surface area contributed by atoms with Crippen molar-refractivity contribution in [3.05, 3.63) is 60.3 Å². The van der Waals surface area contributed by atoms with Gasteiger partial charge < -0.3 is 20.1 Å². The molecule has 0 aliphatic rings. The molecule has 0 saturated carbocycles. The van der Waals surface area contributed by atoms with Gasteiger partial charge in [0, 0.05) is 11.4 Å². The van der Waals surface area contributed by atoms with Crippen LogP contribution in [0.4, 0.5) is 23.1 Å². The van der Waals surface area contributed by atoms with E-state index in [0.717, 1.165) is 17.1 Å². The van der Waals surface area contributed by atoms with E-state index >= 15 is 0 Å². The SMILES string of the molecule is CCOC(=O)c1ccc(Nc2nncc(Nc3ccc(OC)cc3)n2)cc1. The van der Waals surface area contributed by atoms with Crippen molar-refractivity contribution in [2.24, 2.45) is 0 Å². The Morgan fingerprint density at radius 2 is 1.67 bits per heavy atom. The number of hydrogen-bond donors (Lipinski definition) is 2. The average molecular weight is 365 g/mol. The lowest BCUT2D eigenvalue weighted by Crippen LogP contribution is -2.05. The monoisotopic (exact) mass is 365 g/mol. The highest BCUT2D eigenvalue weighted by molar-refractivity contribution is 5.89. The van der Waals surface area contributed by atoms with E-state index in [-0.39, 0.29) is 5.97 Å². The summed E-state index contributed by atoms with van der Waals surface area (Å²) < 4.78 is 10.1. The van der Waals surface area contributed by atoms with Crippen LogP contribution >= 0.6 is 0 Å². The zero-order valence-corrected chi connectivity index (χ0v) is 15.0. The second kappa shape index (κ2) is 8.61. The highest BCUT2D eigenvalue weighted by atomic mass is 16.5. The molecule has 8 heteroatoms. The first-order chi connectivity index (χ1) is 13.2. The maximum absolute atomic E-state index is 11.7. The fraction of sp³-hybridized carbons (Fsp3) is 0.158. The van der Waals surface area contributed by atoms with E-state index in [1.165, 1.54) is 6.20 Å². The third kappa shape index (κ3) is 4.91. The topological polar surface area (TPSA) is 98.3 Å². The van der Waals surface area contributed by atoms with Crippen LogP contribution in [0.2, 0.25) is 0 Å². The number of carbonyl (C=O) groups excluding carboxylic acids is 1. The normalized spacial score (nSPS) is 10.1. The maximum atomic E-state index is 11.7. The van der Waals surface area contributed by atoms with Crippen molar-refractivity contribution in [3.8, 4) is 5.75 Å². The summed E-state index contributed by atoms with van der Waals surface area (Å²) in [7, 11) is 1.62. The van der Waals surface area contributed by atoms with Crippen molar-refractivity contribution < 1.29 is 14.3 Å². The van der Waals surface area contributed by atoms with E-state index in [1.54, 1.807) is 38.3 Å². The molecule has 0 unspecified atom stereocenters. The molecular weight excluding hydrogens is 346 g/mol. The summed E-state index contributed by atoms with van der Waals surface area (Å²) in [6.45, 7) is 2.11. The standard InChI is InChI=1S/C19H19N5O3/c1-3-27-18(25)13-4-6-15(7-5-13)22-19-23-17(12-20-24-19)21-14-8-10-16(26-2)11-9-14/h4-12H,3H2,1-2H3,(H2,21,22,23,24). The van der Waals surface area contributed by atoms with Crippen LogP contribution in [-0.4, -0.2) is 34.9 Å². The van der Waals surface area contributed by atoms with E-state index in [9.17, 15) is 4.79 Å². The Balaban J connectivity index is 1.67. The molecule has 138 valence electrons. The quantitative estimate of drug-likeness (QED) is 0.614. The van der Waals surface area contributed by atoms with Gasteiger partial charge in [-0.05, 0) is 55.5 Å². The summed E-state index contributed by atoms with van der Waals surface area (Å²) in [6, 6.07) is 14.3. The number of esters is 1. The second-order valence-electron chi connectivity index (χ2n) is 5.44. The zero-order valence-electron chi connectivity index (χ0n) is 15.0. The lowest BCUT2D eigenvalue weighted by Gasteiger charge is -2.09. The number of nitrogens with zero attached hydrogens (tertiary/aromatic N) is 3. The number of carbonyl (C=O) groups is 1. The van der Waals surface area contributed by atoms with Gasteiger partial charge in [-0.2, -0.15) is 10.1 Å². The van der Waals surface area contributed by atoms with Crippen LogP contribution in [0.3, 0.4) is 0 Å². The Hall–Kier alpha value is -3.68. The van der Waals surface area contributed by atoms with Gasteiger partial charge in [0.05, 0.1) is 25.5 Å². The predicted molar refractivity (Wildman–Crippen MR) is 102 cm³/mol. The number of hydrogen-bond acceptors (Lipinski definition) is 8. The highest BCUT2D eigenvalue weighted by Gasteiger charge is 2.07. The Morgan fingerprint density at radius 3 is 2.33 bits per heavy atom. The molecule has 0 saturated heterocycles. The first kappa shape index (κ1) is 18.1. The van der Waals surface area contributed by atoms with Crippen LogP contribution in [0, 0.1) is 0 Å². The highest BCUT2D eigenvalue weighted by Crippen LogP contribution is 2.20. The van der Waals surface area contributed by atoms with Crippen molar-refractivity contribution in [2.75, 3.05) is 24.4 Å². The van der Waals surface area contributed by atoms with Gasteiger partial charge in [-0.1, -0.05) is 0 Å². The molecule has 0 aliphatic heterocycles. The van der Waals surface area contributed by atoms with Gasteiger partial charge in [-0.3, -0.25) is 0 Å². The third-order valence-electron chi connectivity index (χ3n) is 3.57. The van der Waals surface area contributed by atoms with Crippen molar-refractivity contribution in [3.63, 3.8) is 0 Å². The molecule has 27 heavy (non-hydrogen) atoms. The summed E-state index contributed by atoms with van der Waals surface area (Å²) in [5.41, 5.74) is 2.06. The second-order valence-corrected chi connectivity index (χ2v) is 5.44. The Bertz CT molecular complexity index is 898. The van der Waals surface area contributed by atoms with Gasteiger partial charge in [0.25, 0.3) is 0 Å². The molecule has 2 aromatic carbocycles. The molecule has 0 radical (unpaired) electrons. The molecule has 0 amide bonds. The minimum absolute atomic E-state index is 0.331. The number of rotatable bonds is 7. The summed E-state index contributed by atoms with van der Waals surface area (Å²) in [4.78, 5) is 16.1. The van der Waals surface area contributed by atoms with E-state index in [4.69, 9.17) is 9.47 Å². The molecule has 3 rings (SSSR count). The molecule has 0 atom stereocenters. The lowest BCUT2D eigenvalue weighted by atomic mass is 10.2. The molecule has 2 N–H and O–H groups in total. The van der Waals surface area contributed by atoms with E-state index < -0.39 is 0 Å². The van der Waals surface area contributed by atoms with Gasteiger partial charge in [-0.15, -0.1) is 5.10 Å². The molecule has 0 spiro atoms. The van der Waals surface area contributed by atoms with Gasteiger partial charge in [0.15, 0.2) is 5.82 Å². The molecule has 1 heterocycles. The van der Waals surface area contributed by atoms with Crippen LogP contribution in [0.1, 0.15) is 17.3 Å². The summed E-state index contributed by atoms with van der Waals surface area (Å²) in [6.07, 6.45) is 1.53. The molecule has 0 fully saturated rings. The number of aromatic nitrogens is 3. The largest absolute Gasteiger partial charge is 0.497 e. The Labute approximate surface area is 156 Å².